The Morgan fingerprint density at radius 2 is 2.04 bits per heavy atom. The lowest BCUT2D eigenvalue weighted by Crippen LogP contribution is -2.38. The Bertz CT molecular complexity index is 673. The molecular formula is C17H28IN5S2. The quantitative estimate of drug-likeness (QED) is 0.361. The van der Waals surface area contributed by atoms with Crippen molar-refractivity contribution in [2.75, 3.05) is 13.1 Å². The van der Waals surface area contributed by atoms with Gasteiger partial charge in [0.1, 0.15) is 0 Å². The van der Waals surface area contributed by atoms with E-state index in [4.69, 9.17) is 4.98 Å². The molecule has 0 unspecified atom stereocenters. The summed E-state index contributed by atoms with van der Waals surface area (Å²) < 4.78 is 0. The van der Waals surface area contributed by atoms with E-state index in [2.05, 4.69) is 60.6 Å². The molecule has 140 valence electrons. The van der Waals surface area contributed by atoms with E-state index in [9.17, 15) is 0 Å². The summed E-state index contributed by atoms with van der Waals surface area (Å²) in [6.45, 7) is 13.0. The molecule has 5 nitrogen and oxygen atoms in total. The fraction of sp³-hybridized carbons (Fsp3) is 0.588. The highest BCUT2D eigenvalue weighted by Gasteiger charge is 2.17. The molecule has 2 rings (SSSR count). The van der Waals surface area contributed by atoms with Gasteiger partial charge < -0.3 is 10.6 Å². The van der Waals surface area contributed by atoms with Crippen molar-refractivity contribution in [3.63, 3.8) is 0 Å². The third-order valence-electron chi connectivity index (χ3n) is 3.24. The maximum Gasteiger partial charge on any atom is 0.191 e. The van der Waals surface area contributed by atoms with E-state index >= 15 is 0 Å². The number of hydrogen-bond donors (Lipinski definition) is 2. The van der Waals surface area contributed by atoms with Gasteiger partial charge in [-0.15, -0.1) is 46.7 Å². The van der Waals surface area contributed by atoms with Crippen molar-refractivity contribution in [1.82, 2.24) is 20.6 Å². The number of hydrogen-bond acceptors (Lipinski definition) is 5. The smallest absolute Gasteiger partial charge is 0.191 e. The molecule has 2 N–H and O–H groups in total. The van der Waals surface area contributed by atoms with E-state index in [1.165, 1.54) is 4.88 Å². The van der Waals surface area contributed by atoms with E-state index in [1.807, 2.05) is 6.20 Å². The predicted molar refractivity (Wildman–Crippen MR) is 120 cm³/mol. The average molecular weight is 493 g/mol. The molecule has 0 aliphatic heterocycles. The molecule has 2 aromatic rings. The number of halogens is 1. The van der Waals surface area contributed by atoms with Crippen molar-refractivity contribution >= 4 is 52.6 Å². The molecule has 0 aliphatic rings. The standard InChI is InChI=1S/C17H27N5S2.HI/c1-6-18-16(19-8-7-14-20-9-12(2)24-14)21-10-13-11-23-15(22-13)17(3,4)5;/h9,11H,6-8,10H2,1-5H3,(H2,18,19,21);1H. The van der Waals surface area contributed by atoms with Gasteiger partial charge in [-0.1, -0.05) is 20.8 Å². The number of nitrogens with one attached hydrogen (secondary N) is 2. The van der Waals surface area contributed by atoms with Crippen LogP contribution in [0.2, 0.25) is 0 Å². The molecule has 2 heterocycles. The van der Waals surface area contributed by atoms with Crippen LogP contribution in [0.1, 0.15) is 48.3 Å². The van der Waals surface area contributed by atoms with Gasteiger partial charge >= 0.3 is 0 Å². The lowest BCUT2D eigenvalue weighted by atomic mass is 9.98. The molecule has 0 amide bonds. The second-order valence-corrected chi connectivity index (χ2v) is 8.81. The molecule has 0 aromatic carbocycles. The molecule has 0 saturated carbocycles. The Morgan fingerprint density at radius 1 is 1.28 bits per heavy atom. The molecule has 0 saturated heterocycles. The highest BCUT2D eigenvalue weighted by molar-refractivity contribution is 14.0. The summed E-state index contributed by atoms with van der Waals surface area (Å²) in [4.78, 5) is 15.0. The van der Waals surface area contributed by atoms with Crippen LogP contribution in [0.4, 0.5) is 0 Å². The third kappa shape index (κ3) is 7.57. The Morgan fingerprint density at radius 3 is 2.60 bits per heavy atom. The van der Waals surface area contributed by atoms with Crippen LogP contribution in [0.3, 0.4) is 0 Å². The van der Waals surface area contributed by atoms with Crippen LogP contribution < -0.4 is 10.6 Å². The first-order chi connectivity index (χ1) is 11.4. The van der Waals surface area contributed by atoms with Crippen LogP contribution in [-0.2, 0) is 18.4 Å². The topological polar surface area (TPSA) is 62.2 Å². The van der Waals surface area contributed by atoms with Crippen LogP contribution in [0.15, 0.2) is 16.6 Å². The summed E-state index contributed by atoms with van der Waals surface area (Å²) in [6, 6.07) is 0. The second-order valence-electron chi connectivity index (χ2n) is 6.63. The zero-order valence-electron chi connectivity index (χ0n) is 15.5. The minimum absolute atomic E-state index is 0. The SMILES string of the molecule is CCNC(=NCc1csc(C(C)(C)C)n1)NCCc1ncc(C)s1.I. The van der Waals surface area contributed by atoms with Gasteiger partial charge in [0.2, 0.25) is 0 Å². The van der Waals surface area contributed by atoms with Gasteiger partial charge in [-0.05, 0) is 13.8 Å². The minimum Gasteiger partial charge on any atom is -0.357 e. The molecule has 0 radical (unpaired) electrons. The minimum atomic E-state index is 0. The number of rotatable bonds is 6. The summed E-state index contributed by atoms with van der Waals surface area (Å²) in [7, 11) is 0. The number of aliphatic imine (C=N–C) groups is 1. The van der Waals surface area contributed by atoms with Crippen LogP contribution in [0.5, 0.6) is 0 Å². The van der Waals surface area contributed by atoms with Crippen LogP contribution in [-0.4, -0.2) is 29.0 Å². The molecule has 2 aromatic heterocycles. The van der Waals surface area contributed by atoms with Crippen LogP contribution >= 0.6 is 46.7 Å². The van der Waals surface area contributed by atoms with E-state index in [-0.39, 0.29) is 29.4 Å². The van der Waals surface area contributed by atoms with E-state index in [0.29, 0.717) is 6.54 Å². The van der Waals surface area contributed by atoms with E-state index in [1.54, 1.807) is 22.7 Å². The molecule has 0 fully saturated rings. The first kappa shape index (κ1) is 22.3. The Labute approximate surface area is 175 Å². The maximum absolute atomic E-state index is 4.69. The largest absolute Gasteiger partial charge is 0.357 e. The molecule has 0 atom stereocenters. The molecule has 0 spiro atoms. The van der Waals surface area contributed by atoms with Gasteiger partial charge in [-0.3, -0.25) is 0 Å². The van der Waals surface area contributed by atoms with Crippen LogP contribution in [0.25, 0.3) is 0 Å². The number of guanidine groups is 1. The Hall–Kier alpha value is -0.740. The van der Waals surface area contributed by atoms with E-state index < -0.39 is 0 Å². The van der Waals surface area contributed by atoms with Crippen molar-refractivity contribution in [1.29, 1.82) is 0 Å². The molecule has 0 bridgehead atoms. The van der Waals surface area contributed by atoms with Gasteiger partial charge in [0, 0.05) is 41.4 Å². The van der Waals surface area contributed by atoms with Gasteiger partial charge in [0.25, 0.3) is 0 Å². The van der Waals surface area contributed by atoms with Crippen LogP contribution in [0, 0.1) is 6.92 Å². The lowest BCUT2D eigenvalue weighted by molar-refractivity contribution is 0.583. The summed E-state index contributed by atoms with van der Waals surface area (Å²) in [5, 5.41) is 11.1. The van der Waals surface area contributed by atoms with Crippen molar-refractivity contribution in [2.45, 2.75) is 53.0 Å². The van der Waals surface area contributed by atoms with E-state index in [0.717, 1.165) is 41.2 Å². The molecule has 8 heteroatoms. The molecule has 25 heavy (non-hydrogen) atoms. The van der Waals surface area contributed by atoms with Gasteiger partial charge in [0.05, 0.1) is 22.3 Å². The lowest BCUT2D eigenvalue weighted by Gasteiger charge is -2.13. The van der Waals surface area contributed by atoms with Crippen molar-refractivity contribution < 1.29 is 0 Å². The van der Waals surface area contributed by atoms with Gasteiger partial charge in [-0.2, -0.15) is 0 Å². The highest BCUT2D eigenvalue weighted by Crippen LogP contribution is 2.25. The first-order valence-electron chi connectivity index (χ1n) is 8.27. The van der Waals surface area contributed by atoms with Crippen molar-refractivity contribution in [3.8, 4) is 0 Å². The molecule has 0 aliphatic carbocycles. The van der Waals surface area contributed by atoms with Crippen molar-refractivity contribution in [2.24, 2.45) is 4.99 Å². The summed E-state index contributed by atoms with van der Waals surface area (Å²) >= 11 is 3.46. The number of nitrogens with zero attached hydrogens (tertiary/aromatic N) is 3. The van der Waals surface area contributed by atoms with Crippen molar-refractivity contribution in [3.05, 3.63) is 32.2 Å². The number of aryl methyl sites for hydroxylation is 1. The maximum atomic E-state index is 4.69. The van der Waals surface area contributed by atoms with Gasteiger partial charge in [0.15, 0.2) is 5.96 Å². The summed E-state index contributed by atoms with van der Waals surface area (Å²) in [6.07, 6.45) is 2.84. The fourth-order valence-corrected chi connectivity index (χ4v) is 3.72. The third-order valence-corrected chi connectivity index (χ3v) is 5.53. The summed E-state index contributed by atoms with van der Waals surface area (Å²) in [5.41, 5.74) is 1.12. The summed E-state index contributed by atoms with van der Waals surface area (Å²) in [5.74, 6) is 0.830. The second kappa shape index (κ2) is 10.4. The van der Waals surface area contributed by atoms with Gasteiger partial charge in [-0.25, -0.2) is 15.0 Å². The first-order valence-corrected chi connectivity index (χ1v) is 9.96. The predicted octanol–water partition coefficient (Wildman–Crippen LogP) is 4.12. The highest BCUT2D eigenvalue weighted by atomic mass is 127. The Kier molecular flexibility index (Phi) is 9.29. The normalized spacial score (nSPS) is 12.0. The zero-order valence-corrected chi connectivity index (χ0v) is 19.5. The zero-order chi connectivity index (χ0) is 17.6. The number of thiazole rings is 2. The molecular weight excluding hydrogens is 465 g/mol. The fourth-order valence-electron chi connectivity index (χ4n) is 2.03. The monoisotopic (exact) mass is 493 g/mol. The number of aromatic nitrogens is 2. The average Bonchev–Trinajstić information content (AvgIpc) is 3.13. The Balaban J connectivity index is 0.00000312.